The fraction of sp³-hybridized carbons (Fsp3) is 0.333. The van der Waals surface area contributed by atoms with Crippen molar-refractivity contribution in [1.29, 1.82) is 0 Å². The second-order valence-corrected chi connectivity index (χ2v) is 8.30. The predicted octanol–water partition coefficient (Wildman–Crippen LogP) is 4.23. The number of halogens is 1. The van der Waals surface area contributed by atoms with Crippen molar-refractivity contribution in [1.82, 2.24) is 19.8 Å². The first-order valence-electron chi connectivity index (χ1n) is 9.78. The second-order valence-electron chi connectivity index (χ2n) is 7.26. The van der Waals surface area contributed by atoms with Gasteiger partial charge in [-0.1, -0.05) is 41.1 Å². The fourth-order valence-electron chi connectivity index (χ4n) is 3.69. The lowest BCUT2D eigenvalue weighted by atomic mass is 10.1. The number of nitrogens with one attached hydrogen (secondary N) is 1. The van der Waals surface area contributed by atoms with Crippen molar-refractivity contribution < 1.29 is 14.0 Å². The van der Waals surface area contributed by atoms with Crippen LogP contribution in [0.2, 0.25) is 5.02 Å². The third-order valence-electron chi connectivity index (χ3n) is 5.18. The summed E-state index contributed by atoms with van der Waals surface area (Å²) in [5, 5.41) is 9.18. The van der Waals surface area contributed by atoms with Gasteiger partial charge in [0, 0.05) is 23.0 Å². The Hall–Kier alpha value is -2.71. The maximum atomic E-state index is 13.3. The van der Waals surface area contributed by atoms with Gasteiger partial charge in [-0.05, 0) is 54.2 Å². The molecular formula is C21H21ClN4O3S. The summed E-state index contributed by atoms with van der Waals surface area (Å²) in [6.07, 6.45) is 5.57. The molecule has 1 aliphatic carbocycles. The SMILES string of the molecule is O=C(NC1CCCC1)[C@@H](c1ccco1)N(Cc1ccc(Cl)cc1)C(=O)c1csnn1. The highest BCUT2D eigenvalue weighted by Gasteiger charge is 2.36. The Balaban J connectivity index is 1.68. The molecule has 1 saturated carbocycles. The van der Waals surface area contributed by atoms with Crippen LogP contribution in [0.4, 0.5) is 0 Å². The lowest BCUT2D eigenvalue weighted by Crippen LogP contribution is -2.45. The summed E-state index contributed by atoms with van der Waals surface area (Å²) in [5.41, 5.74) is 1.03. The molecule has 2 amide bonds. The number of nitrogens with zero attached hydrogens (tertiary/aromatic N) is 3. The lowest BCUT2D eigenvalue weighted by Gasteiger charge is -2.30. The van der Waals surface area contributed by atoms with Crippen LogP contribution in [0.25, 0.3) is 0 Å². The highest BCUT2D eigenvalue weighted by Crippen LogP contribution is 2.28. The van der Waals surface area contributed by atoms with E-state index in [1.54, 1.807) is 29.6 Å². The maximum Gasteiger partial charge on any atom is 0.276 e. The van der Waals surface area contributed by atoms with Crippen LogP contribution in [0.3, 0.4) is 0 Å². The van der Waals surface area contributed by atoms with E-state index in [0.29, 0.717) is 10.8 Å². The number of carbonyl (C=O) groups is 2. The molecule has 0 aliphatic heterocycles. The average Bonchev–Trinajstić information content (AvgIpc) is 3.52. The summed E-state index contributed by atoms with van der Waals surface area (Å²) in [6, 6.07) is 9.77. The van der Waals surface area contributed by atoms with Crippen molar-refractivity contribution in [3.63, 3.8) is 0 Å². The molecular weight excluding hydrogens is 424 g/mol. The zero-order valence-electron chi connectivity index (χ0n) is 16.2. The zero-order valence-corrected chi connectivity index (χ0v) is 17.7. The van der Waals surface area contributed by atoms with Crippen LogP contribution in [0, 0.1) is 0 Å². The Labute approximate surface area is 183 Å². The molecule has 0 spiro atoms. The number of furan rings is 1. The van der Waals surface area contributed by atoms with E-state index in [-0.39, 0.29) is 30.1 Å². The predicted molar refractivity (Wildman–Crippen MR) is 113 cm³/mol. The highest BCUT2D eigenvalue weighted by molar-refractivity contribution is 7.03. The minimum atomic E-state index is -0.925. The van der Waals surface area contributed by atoms with Crippen molar-refractivity contribution in [3.8, 4) is 0 Å². The van der Waals surface area contributed by atoms with Crippen LogP contribution >= 0.6 is 23.1 Å². The molecule has 1 N–H and O–H groups in total. The van der Waals surface area contributed by atoms with Gasteiger partial charge in [0.15, 0.2) is 11.7 Å². The summed E-state index contributed by atoms with van der Waals surface area (Å²) >= 11 is 7.09. The van der Waals surface area contributed by atoms with Gasteiger partial charge >= 0.3 is 0 Å². The van der Waals surface area contributed by atoms with Gasteiger partial charge < -0.3 is 14.6 Å². The topological polar surface area (TPSA) is 88.3 Å². The Morgan fingerprint density at radius 1 is 1.23 bits per heavy atom. The summed E-state index contributed by atoms with van der Waals surface area (Å²) < 4.78 is 9.37. The second kappa shape index (κ2) is 9.40. The van der Waals surface area contributed by atoms with E-state index in [2.05, 4.69) is 14.9 Å². The van der Waals surface area contributed by atoms with E-state index in [4.69, 9.17) is 16.0 Å². The molecule has 9 heteroatoms. The van der Waals surface area contributed by atoms with Crippen LogP contribution in [-0.4, -0.2) is 32.3 Å². The van der Waals surface area contributed by atoms with Crippen LogP contribution in [-0.2, 0) is 11.3 Å². The van der Waals surface area contributed by atoms with Crippen molar-refractivity contribution in [2.24, 2.45) is 0 Å². The minimum absolute atomic E-state index is 0.114. The summed E-state index contributed by atoms with van der Waals surface area (Å²) in [5.74, 6) is -0.250. The number of amides is 2. The van der Waals surface area contributed by atoms with E-state index in [1.807, 2.05) is 12.1 Å². The summed E-state index contributed by atoms with van der Waals surface area (Å²) in [4.78, 5) is 28.2. The molecule has 3 aromatic rings. The molecule has 1 fully saturated rings. The minimum Gasteiger partial charge on any atom is -0.467 e. The van der Waals surface area contributed by atoms with E-state index in [9.17, 15) is 9.59 Å². The molecule has 4 rings (SSSR count). The molecule has 1 aliphatic rings. The number of benzene rings is 1. The number of carbonyl (C=O) groups excluding carboxylic acids is 2. The smallest absolute Gasteiger partial charge is 0.276 e. The third kappa shape index (κ3) is 4.71. The first-order valence-corrected chi connectivity index (χ1v) is 11.0. The van der Waals surface area contributed by atoms with E-state index < -0.39 is 6.04 Å². The highest BCUT2D eigenvalue weighted by atomic mass is 35.5. The Morgan fingerprint density at radius 3 is 2.63 bits per heavy atom. The molecule has 1 atom stereocenters. The van der Waals surface area contributed by atoms with Gasteiger partial charge in [0.1, 0.15) is 5.76 Å². The van der Waals surface area contributed by atoms with Gasteiger partial charge in [-0.3, -0.25) is 9.59 Å². The summed E-state index contributed by atoms with van der Waals surface area (Å²) in [7, 11) is 0. The Bertz CT molecular complexity index is 970. The van der Waals surface area contributed by atoms with Crippen molar-refractivity contribution >= 4 is 34.9 Å². The van der Waals surface area contributed by atoms with Crippen LogP contribution in [0.5, 0.6) is 0 Å². The van der Waals surface area contributed by atoms with Crippen molar-refractivity contribution in [2.45, 2.75) is 44.3 Å². The number of hydrogen-bond donors (Lipinski definition) is 1. The van der Waals surface area contributed by atoms with Gasteiger partial charge in [0.05, 0.1) is 6.26 Å². The molecule has 2 aromatic heterocycles. The van der Waals surface area contributed by atoms with E-state index in [0.717, 1.165) is 42.8 Å². The molecule has 7 nitrogen and oxygen atoms in total. The number of hydrogen-bond acceptors (Lipinski definition) is 6. The largest absolute Gasteiger partial charge is 0.467 e. The first kappa shape index (κ1) is 20.6. The van der Waals surface area contributed by atoms with Crippen LogP contribution < -0.4 is 5.32 Å². The molecule has 1 aromatic carbocycles. The normalized spacial score (nSPS) is 15.1. The van der Waals surface area contributed by atoms with Crippen LogP contribution in [0.15, 0.2) is 52.5 Å². The summed E-state index contributed by atoms with van der Waals surface area (Å²) in [6.45, 7) is 0.191. The number of rotatable bonds is 7. The maximum absolute atomic E-state index is 13.3. The lowest BCUT2D eigenvalue weighted by molar-refractivity contribution is -0.127. The van der Waals surface area contributed by atoms with Gasteiger partial charge in [0.25, 0.3) is 11.8 Å². The van der Waals surface area contributed by atoms with E-state index >= 15 is 0 Å². The van der Waals surface area contributed by atoms with Crippen molar-refractivity contribution in [2.75, 3.05) is 0 Å². The Morgan fingerprint density at radius 2 is 2.00 bits per heavy atom. The monoisotopic (exact) mass is 444 g/mol. The zero-order chi connectivity index (χ0) is 20.9. The standard InChI is InChI=1S/C21H21ClN4O3S/c22-15-9-7-14(8-10-15)12-26(21(28)17-13-30-25-24-17)19(18-6-3-11-29-18)20(27)23-16-4-1-2-5-16/h3,6-11,13,16,19H,1-2,4-5,12H2,(H,23,27)/t19-/m1/s1. The van der Waals surface area contributed by atoms with Crippen LogP contribution in [0.1, 0.15) is 53.5 Å². The Kier molecular flexibility index (Phi) is 6.44. The molecule has 0 radical (unpaired) electrons. The third-order valence-corrected chi connectivity index (χ3v) is 5.94. The quantitative estimate of drug-likeness (QED) is 0.589. The van der Waals surface area contributed by atoms with Gasteiger partial charge in [-0.15, -0.1) is 5.10 Å². The van der Waals surface area contributed by atoms with Gasteiger partial charge in [-0.25, -0.2) is 0 Å². The van der Waals surface area contributed by atoms with Crippen molar-refractivity contribution in [3.05, 3.63) is 70.1 Å². The molecule has 0 bridgehead atoms. The molecule has 30 heavy (non-hydrogen) atoms. The molecule has 0 saturated heterocycles. The van der Waals surface area contributed by atoms with E-state index in [1.165, 1.54) is 11.2 Å². The molecule has 0 unspecified atom stereocenters. The fourth-order valence-corrected chi connectivity index (χ4v) is 4.25. The first-order chi connectivity index (χ1) is 14.6. The molecule has 2 heterocycles. The van der Waals surface area contributed by atoms with Gasteiger partial charge in [0.2, 0.25) is 0 Å². The average molecular weight is 445 g/mol. The number of aromatic nitrogens is 2. The molecule has 156 valence electrons. The van der Waals surface area contributed by atoms with Gasteiger partial charge in [-0.2, -0.15) is 0 Å².